The summed E-state index contributed by atoms with van der Waals surface area (Å²) in [5.41, 5.74) is 7.54. The van der Waals surface area contributed by atoms with Crippen LogP contribution in [-0.4, -0.2) is 18.7 Å². The maximum Gasteiger partial charge on any atom is 0.414 e. The summed E-state index contributed by atoms with van der Waals surface area (Å²) in [6, 6.07) is 3.56. The summed E-state index contributed by atoms with van der Waals surface area (Å²) in [5.74, 6) is 0. The molecule has 0 aromatic heterocycles. The lowest BCUT2D eigenvalue weighted by molar-refractivity contribution is 0.0589. The van der Waals surface area contributed by atoms with Gasteiger partial charge in [0.1, 0.15) is 5.60 Å². The molecule has 104 valence electrons. The van der Waals surface area contributed by atoms with E-state index in [0.29, 0.717) is 5.69 Å². The Balaban J connectivity index is 3.13. The van der Waals surface area contributed by atoms with Gasteiger partial charge in [0.15, 0.2) is 0 Å². The summed E-state index contributed by atoms with van der Waals surface area (Å²) < 4.78 is 6.22. The summed E-state index contributed by atoms with van der Waals surface area (Å²) >= 11 is 2.14. The Morgan fingerprint density at radius 3 is 2.53 bits per heavy atom. The molecule has 1 aromatic carbocycles. The van der Waals surface area contributed by atoms with Crippen molar-refractivity contribution >= 4 is 46.1 Å². The predicted octanol–water partition coefficient (Wildman–Crippen LogP) is 3.89. The van der Waals surface area contributed by atoms with E-state index in [-0.39, 0.29) is 0 Å². The lowest BCUT2D eigenvalue weighted by Crippen LogP contribution is -2.34. The number of hydrogen-bond donors (Lipinski definition) is 1. The number of rotatable bonds is 2. The molecule has 2 N–H and O–H groups in total. The Hall–Kier alpha value is -1.24. The third-order valence-electron chi connectivity index (χ3n) is 2.42. The first kappa shape index (κ1) is 15.8. The van der Waals surface area contributed by atoms with E-state index in [9.17, 15) is 4.79 Å². The molecule has 4 nitrogen and oxygen atoms in total. The van der Waals surface area contributed by atoms with Gasteiger partial charge in [0.05, 0.1) is 5.69 Å². The van der Waals surface area contributed by atoms with Gasteiger partial charge in [0.25, 0.3) is 0 Å². The van der Waals surface area contributed by atoms with E-state index in [1.807, 2.05) is 20.8 Å². The first-order valence-corrected chi connectivity index (χ1v) is 6.92. The predicted molar refractivity (Wildman–Crippen MR) is 88.3 cm³/mol. The van der Waals surface area contributed by atoms with Gasteiger partial charge in [-0.15, -0.1) is 0 Å². The van der Waals surface area contributed by atoms with Crippen molar-refractivity contribution in [2.24, 2.45) is 0 Å². The standard InChI is InChI=1S/C14H19IN2O2/c1-6-9-11(8-7-10(16)12(9)15)17(5)13(18)19-14(2,3)4/h6-8H,1,16H2,2-5H3. The number of benzene rings is 1. The highest BCUT2D eigenvalue weighted by molar-refractivity contribution is 14.1. The van der Waals surface area contributed by atoms with Gasteiger partial charge in [-0.25, -0.2) is 4.79 Å². The molecule has 0 aliphatic carbocycles. The van der Waals surface area contributed by atoms with E-state index in [1.165, 1.54) is 4.90 Å². The smallest absolute Gasteiger partial charge is 0.414 e. The fourth-order valence-electron chi connectivity index (χ4n) is 1.52. The number of nitrogens with zero attached hydrogens (tertiary/aromatic N) is 1. The molecule has 5 heteroatoms. The molecular weight excluding hydrogens is 355 g/mol. The van der Waals surface area contributed by atoms with Crippen molar-refractivity contribution < 1.29 is 9.53 Å². The van der Waals surface area contributed by atoms with Crippen molar-refractivity contribution in [3.63, 3.8) is 0 Å². The van der Waals surface area contributed by atoms with Crippen molar-refractivity contribution in [1.29, 1.82) is 0 Å². The van der Waals surface area contributed by atoms with Crippen LogP contribution in [0.2, 0.25) is 0 Å². The maximum absolute atomic E-state index is 12.1. The molecule has 19 heavy (non-hydrogen) atoms. The zero-order chi connectivity index (χ0) is 14.8. The van der Waals surface area contributed by atoms with Crippen LogP contribution in [-0.2, 0) is 4.74 Å². The molecule has 0 saturated carbocycles. The fraction of sp³-hybridized carbons (Fsp3) is 0.357. The minimum Gasteiger partial charge on any atom is -0.443 e. The summed E-state index contributed by atoms with van der Waals surface area (Å²) in [4.78, 5) is 13.5. The molecule has 0 unspecified atom stereocenters. The number of anilines is 2. The van der Waals surface area contributed by atoms with Crippen LogP contribution in [0.1, 0.15) is 26.3 Å². The molecular formula is C14H19IN2O2. The minimum atomic E-state index is -0.527. The second kappa shape index (κ2) is 5.81. The number of nitrogens with two attached hydrogens (primary N) is 1. The van der Waals surface area contributed by atoms with Gasteiger partial charge in [-0.05, 0) is 55.5 Å². The first-order valence-electron chi connectivity index (χ1n) is 5.84. The largest absolute Gasteiger partial charge is 0.443 e. The molecule has 0 aliphatic heterocycles. The third-order valence-corrected chi connectivity index (χ3v) is 3.62. The lowest BCUT2D eigenvalue weighted by atomic mass is 10.1. The molecule has 1 rings (SSSR count). The van der Waals surface area contributed by atoms with Gasteiger partial charge < -0.3 is 10.5 Å². The van der Waals surface area contributed by atoms with Crippen LogP contribution in [0.25, 0.3) is 6.08 Å². The molecule has 1 aromatic rings. The second-order valence-electron chi connectivity index (χ2n) is 5.15. The Labute approximate surface area is 127 Å². The van der Waals surface area contributed by atoms with Gasteiger partial charge in [-0.2, -0.15) is 0 Å². The zero-order valence-electron chi connectivity index (χ0n) is 11.7. The normalized spacial score (nSPS) is 11.0. The summed E-state index contributed by atoms with van der Waals surface area (Å²) in [5, 5.41) is 0. The van der Waals surface area contributed by atoms with E-state index in [1.54, 1.807) is 25.3 Å². The van der Waals surface area contributed by atoms with E-state index in [4.69, 9.17) is 10.5 Å². The average molecular weight is 374 g/mol. The number of carbonyl (C=O) groups is 1. The Kier molecular flexibility index (Phi) is 4.84. The molecule has 0 radical (unpaired) electrons. The van der Waals surface area contributed by atoms with Crippen LogP contribution in [0, 0.1) is 3.57 Å². The van der Waals surface area contributed by atoms with Crippen molar-refractivity contribution in [1.82, 2.24) is 0 Å². The zero-order valence-corrected chi connectivity index (χ0v) is 13.8. The van der Waals surface area contributed by atoms with Crippen LogP contribution >= 0.6 is 22.6 Å². The van der Waals surface area contributed by atoms with E-state index < -0.39 is 11.7 Å². The van der Waals surface area contributed by atoms with Crippen molar-refractivity contribution in [3.05, 3.63) is 27.8 Å². The number of halogens is 1. The molecule has 0 atom stereocenters. The van der Waals surface area contributed by atoms with Crippen LogP contribution in [0.3, 0.4) is 0 Å². The quantitative estimate of drug-likeness (QED) is 0.631. The third kappa shape index (κ3) is 3.86. The average Bonchev–Trinajstić information content (AvgIpc) is 2.29. The van der Waals surface area contributed by atoms with Crippen LogP contribution in [0.4, 0.5) is 16.2 Å². The molecule has 0 fully saturated rings. The highest BCUT2D eigenvalue weighted by Crippen LogP contribution is 2.30. The Bertz CT molecular complexity index is 507. The van der Waals surface area contributed by atoms with Gasteiger partial charge in [0, 0.05) is 21.9 Å². The SMILES string of the molecule is C=Cc1c(N(C)C(=O)OC(C)(C)C)ccc(N)c1I. The van der Waals surface area contributed by atoms with Crippen LogP contribution < -0.4 is 10.6 Å². The van der Waals surface area contributed by atoms with Crippen LogP contribution in [0.5, 0.6) is 0 Å². The highest BCUT2D eigenvalue weighted by atomic mass is 127. The van der Waals surface area contributed by atoms with E-state index in [0.717, 1.165) is 14.8 Å². The fourth-order valence-corrected chi connectivity index (χ4v) is 2.19. The van der Waals surface area contributed by atoms with Gasteiger partial charge in [-0.3, -0.25) is 4.90 Å². The van der Waals surface area contributed by atoms with E-state index >= 15 is 0 Å². The Morgan fingerprint density at radius 2 is 2.05 bits per heavy atom. The van der Waals surface area contributed by atoms with Gasteiger partial charge in [0.2, 0.25) is 0 Å². The molecule has 1 amide bonds. The molecule has 0 spiro atoms. The van der Waals surface area contributed by atoms with Crippen molar-refractivity contribution in [2.75, 3.05) is 17.7 Å². The molecule has 0 heterocycles. The molecule has 0 bridgehead atoms. The number of nitrogen functional groups attached to an aromatic ring is 1. The lowest BCUT2D eigenvalue weighted by Gasteiger charge is -2.26. The summed E-state index contributed by atoms with van der Waals surface area (Å²) in [6.07, 6.45) is 1.28. The topological polar surface area (TPSA) is 55.6 Å². The summed E-state index contributed by atoms with van der Waals surface area (Å²) in [6.45, 7) is 9.27. The van der Waals surface area contributed by atoms with Crippen molar-refractivity contribution in [3.8, 4) is 0 Å². The first-order chi connectivity index (χ1) is 8.67. The monoisotopic (exact) mass is 374 g/mol. The minimum absolute atomic E-state index is 0.406. The Morgan fingerprint density at radius 1 is 1.47 bits per heavy atom. The number of ether oxygens (including phenoxy) is 1. The number of hydrogen-bond acceptors (Lipinski definition) is 3. The van der Waals surface area contributed by atoms with Crippen molar-refractivity contribution in [2.45, 2.75) is 26.4 Å². The number of carbonyl (C=O) groups excluding carboxylic acids is 1. The van der Waals surface area contributed by atoms with E-state index in [2.05, 4.69) is 29.2 Å². The maximum atomic E-state index is 12.1. The molecule has 0 saturated heterocycles. The number of amides is 1. The highest BCUT2D eigenvalue weighted by Gasteiger charge is 2.22. The second-order valence-corrected chi connectivity index (χ2v) is 6.22. The van der Waals surface area contributed by atoms with Crippen LogP contribution in [0.15, 0.2) is 18.7 Å². The molecule has 0 aliphatic rings. The van der Waals surface area contributed by atoms with Gasteiger partial charge in [-0.1, -0.05) is 12.7 Å². The summed E-state index contributed by atoms with van der Waals surface area (Å²) in [7, 11) is 1.67. The van der Waals surface area contributed by atoms with Gasteiger partial charge >= 0.3 is 6.09 Å².